The molecule has 2 heterocycles. The minimum atomic E-state index is 0.893. The van der Waals surface area contributed by atoms with E-state index >= 15 is 0 Å². The highest BCUT2D eigenvalue weighted by atomic mass is 32.1. The van der Waals surface area contributed by atoms with Crippen LogP contribution in [0.1, 0.15) is 0 Å². The fraction of sp³-hybridized carbons (Fsp3) is 0. The van der Waals surface area contributed by atoms with Gasteiger partial charge in [-0.2, -0.15) is 0 Å². The minimum Gasteiger partial charge on any atom is -0.456 e. The van der Waals surface area contributed by atoms with Crippen LogP contribution in [-0.4, -0.2) is 0 Å². The number of thiophene rings is 1. The Morgan fingerprint density at radius 2 is 0.846 bits per heavy atom. The molecule has 0 amide bonds. The first-order valence-electron chi connectivity index (χ1n) is 17.8. The van der Waals surface area contributed by atoms with Gasteiger partial charge in [0.1, 0.15) is 11.2 Å². The first kappa shape index (κ1) is 29.3. The fourth-order valence-corrected chi connectivity index (χ4v) is 9.45. The van der Waals surface area contributed by atoms with Crippen LogP contribution < -0.4 is 0 Å². The number of benzene rings is 9. The van der Waals surface area contributed by atoms with Crippen LogP contribution in [0.3, 0.4) is 0 Å². The largest absolute Gasteiger partial charge is 0.456 e. The van der Waals surface area contributed by atoms with Crippen LogP contribution in [-0.2, 0) is 0 Å². The van der Waals surface area contributed by atoms with E-state index in [2.05, 4.69) is 181 Å². The molecule has 0 aliphatic heterocycles. The molecule has 11 aromatic rings. The Balaban J connectivity index is 1.19. The molecule has 0 unspecified atom stereocenters. The van der Waals surface area contributed by atoms with Gasteiger partial charge in [0.2, 0.25) is 0 Å². The molecule has 0 atom stereocenters. The molecule has 0 N–H and O–H groups in total. The Morgan fingerprint density at radius 1 is 0.327 bits per heavy atom. The van der Waals surface area contributed by atoms with Crippen molar-refractivity contribution in [3.8, 4) is 43.8 Å². The summed E-state index contributed by atoms with van der Waals surface area (Å²) in [6.45, 7) is 0. The van der Waals surface area contributed by atoms with E-state index < -0.39 is 0 Å². The standard InChI is InChI=1S/C50H30OS/c1-2-14-31(15-3-1)46-33-16-4-6-18-35(33)47(36-19-7-5-17-34(36)46)32-27-28-41-44(30-32)51-43-25-12-24-42(49(41)43)48-37-20-8-10-22-39(37)50(45-26-13-29-52-45)40-23-11-9-21-38(40)48/h1-30H. The van der Waals surface area contributed by atoms with Crippen molar-refractivity contribution >= 4 is 76.4 Å². The maximum Gasteiger partial charge on any atom is 0.136 e. The summed E-state index contributed by atoms with van der Waals surface area (Å²) in [7, 11) is 0. The Hall–Kier alpha value is -6.48. The zero-order valence-corrected chi connectivity index (χ0v) is 29.0. The van der Waals surface area contributed by atoms with Crippen LogP contribution in [0.4, 0.5) is 0 Å². The van der Waals surface area contributed by atoms with Crippen LogP contribution in [0.5, 0.6) is 0 Å². The van der Waals surface area contributed by atoms with Gasteiger partial charge in [-0.15, -0.1) is 11.3 Å². The lowest BCUT2D eigenvalue weighted by Crippen LogP contribution is -1.91. The third-order valence-electron chi connectivity index (χ3n) is 10.7. The van der Waals surface area contributed by atoms with E-state index in [9.17, 15) is 0 Å². The Labute approximate surface area is 304 Å². The van der Waals surface area contributed by atoms with Gasteiger partial charge in [0, 0.05) is 21.2 Å². The van der Waals surface area contributed by atoms with E-state index in [1.807, 2.05) is 0 Å². The molecule has 0 fully saturated rings. The van der Waals surface area contributed by atoms with E-state index in [4.69, 9.17) is 4.42 Å². The summed E-state index contributed by atoms with van der Waals surface area (Å²) in [6.07, 6.45) is 0. The Kier molecular flexibility index (Phi) is 6.49. The van der Waals surface area contributed by atoms with Gasteiger partial charge >= 0.3 is 0 Å². The van der Waals surface area contributed by atoms with Crippen molar-refractivity contribution in [3.05, 3.63) is 181 Å². The molecule has 0 bridgehead atoms. The topological polar surface area (TPSA) is 13.1 Å². The third-order valence-corrected chi connectivity index (χ3v) is 11.6. The maximum absolute atomic E-state index is 6.80. The van der Waals surface area contributed by atoms with Crippen molar-refractivity contribution in [1.29, 1.82) is 0 Å². The number of hydrogen-bond donors (Lipinski definition) is 0. The molecule has 2 heteroatoms. The second kappa shape index (κ2) is 11.5. The van der Waals surface area contributed by atoms with Gasteiger partial charge in [-0.25, -0.2) is 0 Å². The summed E-state index contributed by atoms with van der Waals surface area (Å²) in [5.74, 6) is 0. The summed E-state index contributed by atoms with van der Waals surface area (Å²) < 4.78 is 6.80. The normalized spacial score (nSPS) is 11.8. The number of fused-ring (bicyclic) bond motifs is 7. The summed E-state index contributed by atoms with van der Waals surface area (Å²) in [4.78, 5) is 1.29. The lowest BCUT2D eigenvalue weighted by molar-refractivity contribution is 0.669. The van der Waals surface area contributed by atoms with E-state index in [1.54, 1.807) is 11.3 Å². The average molecular weight is 679 g/mol. The summed E-state index contributed by atoms with van der Waals surface area (Å²) in [6, 6.07) is 63.9. The molecule has 0 saturated carbocycles. The zero-order valence-electron chi connectivity index (χ0n) is 28.1. The SMILES string of the molecule is c1ccc(-c2c3ccccc3c(-c3ccc4c(c3)oc3cccc(-c5c6ccccc6c(-c6cccs6)c6ccccc56)c34)c3ccccc23)cc1. The van der Waals surface area contributed by atoms with E-state index in [-0.39, 0.29) is 0 Å². The zero-order chi connectivity index (χ0) is 34.2. The van der Waals surface area contributed by atoms with Crippen LogP contribution in [0.15, 0.2) is 186 Å². The molecule has 0 aliphatic carbocycles. The average Bonchev–Trinajstić information content (AvgIpc) is 3.87. The second-order valence-electron chi connectivity index (χ2n) is 13.5. The van der Waals surface area contributed by atoms with Crippen molar-refractivity contribution in [3.63, 3.8) is 0 Å². The van der Waals surface area contributed by atoms with Gasteiger partial charge in [-0.1, -0.05) is 152 Å². The highest BCUT2D eigenvalue weighted by Crippen LogP contribution is 2.49. The van der Waals surface area contributed by atoms with Crippen LogP contribution in [0, 0.1) is 0 Å². The third kappa shape index (κ3) is 4.28. The maximum atomic E-state index is 6.80. The highest BCUT2D eigenvalue weighted by Gasteiger charge is 2.22. The molecule has 2 aromatic heterocycles. The molecular weight excluding hydrogens is 649 g/mol. The molecular formula is C50H30OS. The first-order valence-corrected chi connectivity index (χ1v) is 18.6. The predicted molar refractivity (Wildman–Crippen MR) is 223 cm³/mol. The van der Waals surface area contributed by atoms with E-state index in [1.165, 1.54) is 81.3 Å². The number of rotatable bonds is 4. The molecule has 1 nitrogen and oxygen atoms in total. The van der Waals surface area contributed by atoms with Gasteiger partial charge in [0.05, 0.1) is 0 Å². The quantitative estimate of drug-likeness (QED) is 0.169. The highest BCUT2D eigenvalue weighted by molar-refractivity contribution is 7.13. The van der Waals surface area contributed by atoms with Gasteiger partial charge in [0.25, 0.3) is 0 Å². The van der Waals surface area contributed by atoms with Gasteiger partial charge in [-0.3, -0.25) is 0 Å². The smallest absolute Gasteiger partial charge is 0.136 e. The Morgan fingerprint density at radius 3 is 1.40 bits per heavy atom. The number of furan rings is 1. The minimum absolute atomic E-state index is 0.893. The molecule has 0 saturated heterocycles. The van der Waals surface area contributed by atoms with Gasteiger partial charge < -0.3 is 4.42 Å². The lowest BCUT2D eigenvalue weighted by Gasteiger charge is -2.18. The fourth-order valence-electron chi connectivity index (χ4n) is 8.65. The van der Waals surface area contributed by atoms with Crippen molar-refractivity contribution in [2.45, 2.75) is 0 Å². The van der Waals surface area contributed by atoms with Gasteiger partial charge in [0.15, 0.2) is 0 Å². The Bertz CT molecular complexity index is 3050. The number of hydrogen-bond acceptors (Lipinski definition) is 2. The second-order valence-corrected chi connectivity index (χ2v) is 14.5. The van der Waals surface area contributed by atoms with Gasteiger partial charge in [-0.05, 0) is 106 Å². The first-order chi connectivity index (χ1) is 25.8. The molecule has 9 aromatic carbocycles. The summed E-state index contributed by atoms with van der Waals surface area (Å²) >= 11 is 1.80. The monoisotopic (exact) mass is 678 g/mol. The predicted octanol–water partition coefficient (Wildman–Crippen LogP) is 14.9. The van der Waals surface area contributed by atoms with Crippen LogP contribution >= 0.6 is 11.3 Å². The molecule has 0 radical (unpaired) electrons. The van der Waals surface area contributed by atoms with Crippen molar-refractivity contribution in [2.75, 3.05) is 0 Å². The van der Waals surface area contributed by atoms with E-state index in [0.717, 1.165) is 27.5 Å². The van der Waals surface area contributed by atoms with Crippen molar-refractivity contribution < 1.29 is 4.42 Å². The molecule has 52 heavy (non-hydrogen) atoms. The van der Waals surface area contributed by atoms with Crippen molar-refractivity contribution in [2.24, 2.45) is 0 Å². The van der Waals surface area contributed by atoms with Crippen LogP contribution in [0.2, 0.25) is 0 Å². The van der Waals surface area contributed by atoms with E-state index in [0.29, 0.717) is 0 Å². The van der Waals surface area contributed by atoms with Crippen molar-refractivity contribution in [1.82, 2.24) is 0 Å². The molecule has 242 valence electrons. The van der Waals surface area contributed by atoms with Crippen LogP contribution in [0.25, 0.3) is 109 Å². The molecule has 0 spiro atoms. The molecule has 11 rings (SSSR count). The summed E-state index contributed by atoms with van der Waals surface area (Å²) in [5.41, 5.74) is 10.4. The lowest BCUT2D eigenvalue weighted by atomic mass is 9.85. The summed E-state index contributed by atoms with van der Waals surface area (Å²) in [5, 5.41) is 14.4. The molecule has 0 aliphatic rings.